The summed E-state index contributed by atoms with van der Waals surface area (Å²) < 4.78 is 0. The van der Waals surface area contributed by atoms with Crippen molar-refractivity contribution in [3.05, 3.63) is 0 Å². The number of amides is 2. The molecule has 16 heavy (non-hydrogen) atoms. The van der Waals surface area contributed by atoms with E-state index in [1.807, 2.05) is 0 Å². The first-order chi connectivity index (χ1) is 7.47. The lowest BCUT2D eigenvalue weighted by atomic mass is 10.1. The van der Waals surface area contributed by atoms with Crippen LogP contribution in [0.4, 0.5) is 4.79 Å². The maximum atomic E-state index is 11.8. The van der Waals surface area contributed by atoms with E-state index in [1.54, 1.807) is 18.7 Å². The predicted molar refractivity (Wildman–Crippen MR) is 57.0 cm³/mol. The van der Waals surface area contributed by atoms with Crippen molar-refractivity contribution in [1.82, 2.24) is 9.80 Å². The van der Waals surface area contributed by atoms with Gasteiger partial charge < -0.3 is 20.0 Å². The van der Waals surface area contributed by atoms with Crippen LogP contribution in [0.25, 0.3) is 0 Å². The van der Waals surface area contributed by atoms with Gasteiger partial charge in [0.25, 0.3) is 0 Å². The highest BCUT2D eigenvalue weighted by atomic mass is 16.4. The normalized spacial score (nSPS) is 21.4. The summed E-state index contributed by atoms with van der Waals surface area (Å²) in [6.45, 7) is 4.23. The number of carbonyl (C=O) groups is 2. The number of rotatable bonds is 2. The fraction of sp³-hybridized carbons (Fsp3) is 0.800. The van der Waals surface area contributed by atoms with E-state index < -0.39 is 12.1 Å². The summed E-state index contributed by atoms with van der Waals surface area (Å²) in [5.41, 5.74) is 0. The molecule has 1 rings (SSSR count). The van der Waals surface area contributed by atoms with Gasteiger partial charge >= 0.3 is 6.09 Å². The highest BCUT2D eigenvalue weighted by Crippen LogP contribution is 2.13. The van der Waals surface area contributed by atoms with Crippen molar-refractivity contribution in [3.8, 4) is 0 Å². The van der Waals surface area contributed by atoms with E-state index in [-0.39, 0.29) is 25.0 Å². The maximum Gasteiger partial charge on any atom is 0.407 e. The van der Waals surface area contributed by atoms with Crippen LogP contribution < -0.4 is 0 Å². The van der Waals surface area contributed by atoms with E-state index in [4.69, 9.17) is 5.11 Å². The fourth-order valence-electron chi connectivity index (χ4n) is 1.81. The van der Waals surface area contributed by atoms with Gasteiger partial charge in [-0.3, -0.25) is 4.79 Å². The summed E-state index contributed by atoms with van der Waals surface area (Å²) in [5.74, 6) is -0.172. The van der Waals surface area contributed by atoms with E-state index in [0.717, 1.165) is 0 Å². The summed E-state index contributed by atoms with van der Waals surface area (Å²) in [6, 6.07) is -0.417. The number of aliphatic hydroxyl groups excluding tert-OH is 1. The van der Waals surface area contributed by atoms with Crippen LogP contribution in [0.5, 0.6) is 0 Å². The first-order valence-corrected chi connectivity index (χ1v) is 5.36. The largest absolute Gasteiger partial charge is 0.465 e. The standard InChI is InChI=1S/C10H18N2O4/c1-7(2)9(14)12-4-3-11(10(15)16)5-8(12)6-13/h7-8,13H,3-6H2,1-2H3,(H,15,16)/t8-/m1/s1. The molecule has 6 nitrogen and oxygen atoms in total. The molecule has 0 bridgehead atoms. The topological polar surface area (TPSA) is 81.1 Å². The van der Waals surface area contributed by atoms with Crippen molar-refractivity contribution < 1.29 is 19.8 Å². The van der Waals surface area contributed by atoms with Gasteiger partial charge in [-0.2, -0.15) is 0 Å². The molecule has 6 heteroatoms. The van der Waals surface area contributed by atoms with Crippen LogP contribution in [0.15, 0.2) is 0 Å². The lowest BCUT2D eigenvalue weighted by Crippen LogP contribution is -2.58. The summed E-state index contributed by atoms with van der Waals surface area (Å²) in [7, 11) is 0. The molecule has 1 atom stereocenters. The van der Waals surface area contributed by atoms with Gasteiger partial charge in [0.15, 0.2) is 0 Å². The molecule has 92 valence electrons. The molecule has 2 amide bonds. The first kappa shape index (κ1) is 12.8. The number of piperazine rings is 1. The molecule has 0 aromatic rings. The Kier molecular flexibility index (Phi) is 4.12. The Morgan fingerprint density at radius 2 is 2.00 bits per heavy atom. The van der Waals surface area contributed by atoms with Gasteiger partial charge in [-0.05, 0) is 0 Å². The third-order valence-electron chi connectivity index (χ3n) is 2.74. The van der Waals surface area contributed by atoms with E-state index in [0.29, 0.717) is 13.1 Å². The minimum atomic E-state index is -1.00. The molecule has 2 N–H and O–H groups in total. The minimum absolute atomic E-state index is 0.0379. The van der Waals surface area contributed by atoms with Crippen molar-refractivity contribution in [2.24, 2.45) is 5.92 Å². The van der Waals surface area contributed by atoms with E-state index >= 15 is 0 Å². The Labute approximate surface area is 94.4 Å². The Balaban J connectivity index is 2.69. The molecule has 0 saturated carbocycles. The third kappa shape index (κ3) is 2.63. The van der Waals surface area contributed by atoms with Crippen molar-refractivity contribution in [3.63, 3.8) is 0 Å². The molecule has 0 aliphatic carbocycles. The van der Waals surface area contributed by atoms with Crippen LogP contribution in [0.1, 0.15) is 13.8 Å². The maximum absolute atomic E-state index is 11.8. The molecule has 0 aromatic carbocycles. The molecule has 1 aliphatic rings. The fourth-order valence-corrected chi connectivity index (χ4v) is 1.81. The van der Waals surface area contributed by atoms with Crippen molar-refractivity contribution in [2.75, 3.05) is 26.2 Å². The zero-order valence-electron chi connectivity index (χ0n) is 9.59. The number of carboxylic acid groups (broad SMARTS) is 1. The number of carbonyl (C=O) groups excluding carboxylic acids is 1. The molecule has 1 saturated heterocycles. The van der Waals surface area contributed by atoms with Gasteiger partial charge in [0.2, 0.25) is 5.91 Å². The lowest BCUT2D eigenvalue weighted by Gasteiger charge is -2.40. The second-order valence-corrected chi connectivity index (χ2v) is 4.25. The van der Waals surface area contributed by atoms with E-state index in [9.17, 15) is 14.7 Å². The van der Waals surface area contributed by atoms with Gasteiger partial charge in [0.1, 0.15) is 0 Å². The average Bonchev–Trinajstić information content (AvgIpc) is 2.26. The number of hydrogen-bond acceptors (Lipinski definition) is 3. The molecule has 1 aliphatic heterocycles. The summed E-state index contributed by atoms with van der Waals surface area (Å²) >= 11 is 0. The molecule has 1 fully saturated rings. The highest BCUT2D eigenvalue weighted by molar-refractivity contribution is 5.79. The molecule has 0 spiro atoms. The van der Waals surface area contributed by atoms with Gasteiger partial charge in [-0.25, -0.2) is 4.79 Å². The first-order valence-electron chi connectivity index (χ1n) is 5.36. The lowest BCUT2D eigenvalue weighted by molar-refractivity contribution is -0.140. The zero-order valence-corrected chi connectivity index (χ0v) is 9.59. The van der Waals surface area contributed by atoms with Crippen LogP contribution in [0.3, 0.4) is 0 Å². The Hall–Kier alpha value is -1.30. The van der Waals surface area contributed by atoms with Crippen molar-refractivity contribution in [2.45, 2.75) is 19.9 Å². The summed E-state index contributed by atoms with van der Waals surface area (Å²) in [4.78, 5) is 25.4. The van der Waals surface area contributed by atoms with Crippen molar-refractivity contribution >= 4 is 12.0 Å². The Bertz CT molecular complexity index is 280. The molecule has 0 aromatic heterocycles. The Morgan fingerprint density at radius 3 is 2.44 bits per heavy atom. The third-order valence-corrected chi connectivity index (χ3v) is 2.74. The minimum Gasteiger partial charge on any atom is -0.465 e. The second-order valence-electron chi connectivity index (χ2n) is 4.25. The smallest absolute Gasteiger partial charge is 0.407 e. The quantitative estimate of drug-likeness (QED) is 0.690. The monoisotopic (exact) mass is 230 g/mol. The molecular formula is C10H18N2O4. The SMILES string of the molecule is CC(C)C(=O)N1CCN(C(=O)O)C[C@@H]1CO. The zero-order chi connectivity index (χ0) is 12.3. The number of aliphatic hydroxyl groups is 1. The predicted octanol–water partition coefficient (Wildman–Crippen LogP) is -0.175. The van der Waals surface area contributed by atoms with Crippen LogP contribution >= 0.6 is 0 Å². The Morgan fingerprint density at radius 1 is 1.38 bits per heavy atom. The van der Waals surface area contributed by atoms with E-state index in [1.165, 1.54) is 4.90 Å². The van der Waals surface area contributed by atoms with Gasteiger partial charge in [0, 0.05) is 25.6 Å². The number of nitrogens with zero attached hydrogens (tertiary/aromatic N) is 2. The van der Waals surface area contributed by atoms with Crippen LogP contribution in [-0.2, 0) is 4.79 Å². The van der Waals surface area contributed by atoms with Crippen LogP contribution in [0.2, 0.25) is 0 Å². The average molecular weight is 230 g/mol. The molecule has 1 heterocycles. The van der Waals surface area contributed by atoms with Gasteiger partial charge in [0.05, 0.1) is 12.6 Å². The summed E-state index contributed by atoms with van der Waals surface area (Å²) in [6.07, 6.45) is -1.00. The van der Waals surface area contributed by atoms with Gasteiger partial charge in [-0.15, -0.1) is 0 Å². The highest BCUT2D eigenvalue weighted by Gasteiger charge is 2.32. The van der Waals surface area contributed by atoms with Gasteiger partial charge in [-0.1, -0.05) is 13.8 Å². The summed E-state index contributed by atoms with van der Waals surface area (Å²) in [5, 5.41) is 18.0. The van der Waals surface area contributed by atoms with Crippen LogP contribution in [0, 0.1) is 5.92 Å². The molecule has 0 unspecified atom stereocenters. The van der Waals surface area contributed by atoms with Crippen LogP contribution in [-0.4, -0.2) is 64.3 Å². The van der Waals surface area contributed by atoms with E-state index in [2.05, 4.69) is 0 Å². The second kappa shape index (κ2) is 5.16. The molecule has 0 radical (unpaired) electrons. The molecular weight excluding hydrogens is 212 g/mol. The number of hydrogen-bond donors (Lipinski definition) is 2. The van der Waals surface area contributed by atoms with Crippen molar-refractivity contribution in [1.29, 1.82) is 0 Å².